The molecule has 3 heteroatoms. The lowest BCUT2D eigenvalue weighted by Gasteiger charge is -2.07. The van der Waals surface area contributed by atoms with Crippen molar-refractivity contribution >= 4 is 6.16 Å². The molecule has 2 atom stereocenters. The fraction of sp³-hybridized carbons (Fsp3) is 0.706. The fourth-order valence-electron chi connectivity index (χ4n) is 2.73. The molecule has 20 heavy (non-hydrogen) atoms. The van der Waals surface area contributed by atoms with Crippen molar-refractivity contribution in [3.63, 3.8) is 0 Å². The largest absolute Gasteiger partial charge is 0.509 e. The number of carbonyl (C=O) groups is 1. The van der Waals surface area contributed by atoms with E-state index in [4.69, 9.17) is 9.47 Å². The molecule has 0 spiro atoms. The molecule has 1 heterocycles. The number of ether oxygens (including phenoxy) is 2. The highest BCUT2D eigenvalue weighted by Gasteiger charge is 2.32. The van der Waals surface area contributed by atoms with E-state index in [0.29, 0.717) is 0 Å². The number of allylic oxidation sites excluding steroid dienone is 2. The topological polar surface area (TPSA) is 35.5 Å². The number of fused-ring (bicyclic) bond motifs is 1. The quantitative estimate of drug-likeness (QED) is 0.466. The van der Waals surface area contributed by atoms with Gasteiger partial charge < -0.3 is 9.47 Å². The van der Waals surface area contributed by atoms with Crippen molar-refractivity contribution in [3.8, 4) is 0 Å². The Morgan fingerprint density at radius 2 is 1.10 bits per heavy atom. The first-order valence-electron chi connectivity index (χ1n) is 8.07. The Morgan fingerprint density at radius 1 is 0.700 bits per heavy atom. The van der Waals surface area contributed by atoms with E-state index in [0.717, 1.165) is 12.8 Å². The molecular formula is C17H26O3. The summed E-state index contributed by atoms with van der Waals surface area (Å²) in [6.45, 7) is 0. The SMILES string of the molecule is O=C1OC2/C=C\CCCCCCCCCC/C=C\C2O1. The first kappa shape index (κ1) is 15.1. The van der Waals surface area contributed by atoms with Crippen molar-refractivity contribution in [3.05, 3.63) is 24.3 Å². The zero-order valence-corrected chi connectivity index (χ0v) is 12.3. The van der Waals surface area contributed by atoms with E-state index in [-0.39, 0.29) is 12.2 Å². The van der Waals surface area contributed by atoms with Crippen molar-refractivity contribution in [2.24, 2.45) is 0 Å². The third-order valence-electron chi connectivity index (χ3n) is 3.93. The number of carbonyl (C=O) groups excluding carboxylic acids is 1. The molecule has 0 saturated carbocycles. The second-order valence-electron chi connectivity index (χ2n) is 5.68. The van der Waals surface area contributed by atoms with E-state index in [2.05, 4.69) is 12.2 Å². The maximum absolute atomic E-state index is 11.2. The minimum Gasteiger partial charge on any atom is -0.422 e. The van der Waals surface area contributed by atoms with Gasteiger partial charge in [-0.25, -0.2) is 4.79 Å². The molecule has 2 unspecified atom stereocenters. The van der Waals surface area contributed by atoms with Gasteiger partial charge in [0.1, 0.15) is 0 Å². The Bertz CT molecular complexity index is 314. The van der Waals surface area contributed by atoms with Gasteiger partial charge in [0.15, 0.2) is 12.2 Å². The lowest BCUT2D eigenvalue weighted by Crippen LogP contribution is -2.17. The minimum atomic E-state index is -0.549. The average molecular weight is 278 g/mol. The van der Waals surface area contributed by atoms with Gasteiger partial charge in [0.25, 0.3) is 0 Å². The van der Waals surface area contributed by atoms with Gasteiger partial charge in [0, 0.05) is 0 Å². The van der Waals surface area contributed by atoms with E-state index in [1.165, 1.54) is 51.4 Å². The van der Waals surface area contributed by atoms with E-state index < -0.39 is 6.16 Å². The van der Waals surface area contributed by atoms with Gasteiger partial charge in [-0.3, -0.25) is 0 Å². The Hall–Kier alpha value is -1.25. The molecule has 2 aliphatic rings. The first-order chi connectivity index (χ1) is 9.86. The summed E-state index contributed by atoms with van der Waals surface area (Å²) in [5.41, 5.74) is 0. The standard InChI is InChI=1S/C17H26O3/c18-17-19-15-13-11-9-7-5-3-1-2-4-6-8-10-12-14-16(15)20-17/h11-16H,1-10H2/b13-11-,14-12-. The summed E-state index contributed by atoms with van der Waals surface area (Å²) >= 11 is 0. The van der Waals surface area contributed by atoms with Crippen LogP contribution in [0, 0.1) is 0 Å². The lowest BCUT2D eigenvalue weighted by atomic mass is 10.0. The zero-order chi connectivity index (χ0) is 14.0. The van der Waals surface area contributed by atoms with Crippen LogP contribution in [0.1, 0.15) is 64.2 Å². The van der Waals surface area contributed by atoms with Crippen LogP contribution in [-0.2, 0) is 9.47 Å². The summed E-state index contributed by atoms with van der Waals surface area (Å²) in [5, 5.41) is 0. The molecule has 0 aromatic carbocycles. The van der Waals surface area contributed by atoms with Gasteiger partial charge >= 0.3 is 6.16 Å². The highest BCUT2D eigenvalue weighted by molar-refractivity contribution is 5.63. The van der Waals surface area contributed by atoms with Crippen molar-refractivity contribution in [1.82, 2.24) is 0 Å². The monoisotopic (exact) mass is 278 g/mol. The molecule has 1 saturated heterocycles. The van der Waals surface area contributed by atoms with Crippen LogP contribution >= 0.6 is 0 Å². The Labute approximate surface area is 122 Å². The summed E-state index contributed by atoms with van der Waals surface area (Å²) in [6, 6.07) is 0. The number of hydrogen-bond donors (Lipinski definition) is 0. The molecule has 0 amide bonds. The Kier molecular flexibility index (Phi) is 6.69. The third kappa shape index (κ3) is 5.40. The van der Waals surface area contributed by atoms with Gasteiger partial charge in [-0.05, 0) is 37.8 Å². The molecule has 0 bridgehead atoms. The van der Waals surface area contributed by atoms with Crippen LogP contribution in [-0.4, -0.2) is 18.4 Å². The number of hydrogen-bond acceptors (Lipinski definition) is 3. The molecule has 1 aliphatic carbocycles. The van der Waals surface area contributed by atoms with Gasteiger partial charge in [0.05, 0.1) is 0 Å². The predicted molar refractivity (Wildman–Crippen MR) is 79.6 cm³/mol. The van der Waals surface area contributed by atoms with E-state index >= 15 is 0 Å². The molecule has 112 valence electrons. The van der Waals surface area contributed by atoms with Gasteiger partial charge in [-0.15, -0.1) is 0 Å². The second kappa shape index (κ2) is 8.83. The summed E-state index contributed by atoms with van der Waals surface area (Å²) < 4.78 is 10.3. The van der Waals surface area contributed by atoms with Crippen LogP contribution in [0.5, 0.6) is 0 Å². The van der Waals surface area contributed by atoms with Gasteiger partial charge in [-0.2, -0.15) is 0 Å². The number of rotatable bonds is 0. The molecule has 0 radical (unpaired) electrons. The fourth-order valence-corrected chi connectivity index (χ4v) is 2.73. The third-order valence-corrected chi connectivity index (χ3v) is 3.93. The summed E-state index contributed by atoms with van der Waals surface area (Å²) in [5.74, 6) is 0. The highest BCUT2D eigenvalue weighted by Crippen LogP contribution is 2.19. The van der Waals surface area contributed by atoms with Crippen LogP contribution in [0.2, 0.25) is 0 Å². The van der Waals surface area contributed by atoms with E-state index in [1.807, 2.05) is 12.2 Å². The Morgan fingerprint density at radius 3 is 1.55 bits per heavy atom. The molecule has 0 N–H and O–H groups in total. The second-order valence-corrected chi connectivity index (χ2v) is 5.68. The molecule has 1 fully saturated rings. The molecule has 3 nitrogen and oxygen atoms in total. The van der Waals surface area contributed by atoms with Crippen molar-refractivity contribution < 1.29 is 14.3 Å². The lowest BCUT2D eigenvalue weighted by molar-refractivity contribution is 0.122. The Balaban J connectivity index is 1.87. The average Bonchev–Trinajstić information content (AvgIpc) is 2.78. The smallest absolute Gasteiger partial charge is 0.422 e. The maximum Gasteiger partial charge on any atom is 0.509 e. The zero-order valence-electron chi connectivity index (χ0n) is 12.3. The molecule has 2 rings (SSSR count). The highest BCUT2D eigenvalue weighted by atomic mass is 16.8. The summed E-state index contributed by atoms with van der Waals surface area (Å²) in [4.78, 5) is 11.2. The van der Waals surface area contributed by atoms with Gasteiger partial charge in [-0.1, -0.05) is 50.7 Å². The van der Waals surface area contributed by atoms with Crippen LogP contribution in [0.15, 0.2) is 24.3 Å². The van der Waals surface area contributed by atoms with E-state index in [9.17, 15) is 4.79 Å². The predicted octanol–water partition coefficient (Wildman–Crippen LogP) is 4.92. The van der Waals surface area contributed by atoms with E-state index in [1.54, 1.807) is 0 Å². The van der Waals surface area contributed by atoms with Crippen LogP contribution in [0.25, 0.3) is 0 Å². The minimum absolute atomic E-state index is 0.244. The molecule has 0 aromatic rings. The summed E-state index contributed by atoms with van der Waals surface area (Å²) in [6.07, 6.45) is 19.8. The molecular weight excluding hydrogens is 252 g/mol. The summed E-state index contributed by atoms with van der Waals surface area (Å²) in [7, 11) is 0. The normalized spacial score (nSPS) is 32.7. The van der Waals surface area contributed by atoms with Gasteiger partial charge in [0.2, 0.25) is 0 Å². The molecule has 0 aromatic heterocycles. The van der Waals surface area contributed by atoms with Crippen LogP contribution in [0.4, 0.5) is 4.79 Å². The van der Waals surface area contributed by atoms with Crippen molar-refractivity contribution in [2.45, 2.75) is 76.4 Å². The van der Waals surface area contributed by atoms with Crippen LogP contribution < -0.4 is 0 Å². The maximum atomic E-state index is 11.2. The van der Waals surface area contributed by atoms with Crippen LogP contribution in [0.3, 0.4) is 0 Å². The van der Waals surface area contributed by atoms with Crippen molar-refractivity contribution in [1.29, 1.82) is 0 Å². The molecule has 1 aliphatic heterocycles. The first-order valence-corrected chi connectivity index (χ1v) is 8.07. The van der Waals surface area contributed by atoms with Crippen molar-refractivity contribution in [2.75, 3.05) is 0 Å².